The van der Waals surface area contributed by atoms with E-state index in [1.165, 1.54) is 38.7 Å². The first kappa shape index (κ1) is 21.9. The van der Waals surface area contributed by atoms with Gasteiger partial charge in [-0.1, -0.05) is 0 Å². The van der Waals surface area contributed by atoms with Gasteiger partial charge in [-0.25, -0.2) is 8.78 Å². The topological polar surface area (TPSA) is 89.0 Å². The fourth-order valence-corrected chi connectivity index (χ4v) is 3.74. The second kappa shape index (κ2) is 8.70. The molecule has 1 saturated heterocycles. The lowest BCUT2D eigenvalue weighted by Gasteiger charge is -2.25. The summed E-state index contributed by atoms with van der Waals surface area (Å²) >= 11 is 0. The highest BCUT2D eigenvalue weighted by molar-refractivity contribution is 6.51. The third-order valence-corrected chi connectivity index (χ3v) is 5.31. The van der Waals surface area contributed by atoms with Gasteiger partial charge in [-0.3, -0.25) is 19.5 Å². The largest absolute Gasteiger partial charge is 0.507 e. The zero-order valence-electron chi connectivity index (χ0n) is 17.6. The Balaban J connectivity index is 1.98. The smallest absolute Gasteiger partial charge is 0.300 e. The maximum atomic E-state index is 14.0. The van der Waals surface area contributed by atoms with E-state index in [9.17, 15) is 23.5 Å². The summed E-state index contributed by atoms with van der Waals surface area (Å²) in [6.07, 6.45) is 2.90. The first-order valence-electron chi connectivity index (χ1n) is 9.75. The lowest BCUT2D eigenvalue weighted by Crippen LogP contribution is -2.29. The first-order chi connectivity index (χ1) is 15.9. The van der Waals surface area contributed by atoms with Crippen molar-refractivity contribution in [3.63, 3.8) is 0 Å². The van der Waals surface area contributed by atoms with Crippen LogP contribution in [0.4, 0.5) is 14.5 Å². The molecule has 0 saturated carbocycles. The number of carbonyl (C=O) groups excluding carboxylic acids is 2. The molecule has 0 radical (unpaired) electrons. The number of aliphatic hydroxyl groups excluding tert-OH is 1. The molecule has 3 aromatic rings. The lowest BCUT2D eigenvalue weighted by molar-refractivity contribution is -0.132. The van der Waals surface area contributed by atoms with Crippen LogP contribution in [0.2, 0.25) is 0 Å². The zero-order valence-corrected chi connectivity index (χ0v) is 17.6. The average molecular weight is 452 g/mol. The van der Waals surface area contributed by atoms with Crippen LogP contribution in [0.25, 0.3) is 5.76 Å². The highest BCUT2D eigenvalue weighted by atomic mass is 19.2. The van der Waals surface area contributed by atoms with E-state index in [-0.39, 0.29) is 22.6 Å². The molecule has 1 N–H and O–H groups in total. The van der Waals surface area contributed by atoms with E-state index in [2.05, 4.69) is 4.98 Å². The van der Waals surface area contributed by atoms with Crippen molar-refractivity contribution in [1.82, 2.24) is 4.98 Å². The third kappa shape index (κ3) is 3.78. The fraction of sp³-hybridized carbons (Fsp3) is 0.125. The molecule has 4 rings (SSSR count). The van der Waals surface area contributed by atoms with Gasteiger partial charge in [-0.05, 0) is 48.0 Å². The van der Waals surface area contributed by atoms with Gasteiger partial charge in [-0.15, -0.1) is 0 Å². The SMILES string of the molecule is COc1ccc(OC)c(/C(O)=C2\C(=O)C(=O)N(c3ccc(F)c(F)c3)C2c2ccncc2)c1. The summed E-state index contributed by atoms with van der Waals surface area (Å²) in [5.41, 5.74) is 0.258. The van der Waals surface area contributed by atoms with Crippen molar-refractivity contribution in [2.45, 2.75) is 6.04 Å². The average Bonchev–Trinajstić information content (AvgIpc) is 3.11. The van der Waals surface area contributed by atoms with Crippen molar-refractivity contribution >= 4 is 23.1 Å². The summed E-state index contributed by atoms with van der Waals surface area (Å²) in [6, 6.07) is 9.45. The molecule has 1 aliphatic heterocycles. The number of hydrogen-bond donors (Lipinski definition) is 1. The van der Waals surface area contributed by atoms with Gasteiger partial charge < -0.3 is 14.6 Å². The van der Waals surface area contributed by atoms with Gasteiger partial charge in [0.05, 0.1) is 31.4 Å². The highest BCUT2D eigenvalue weighted by Gasteiger charge is 2.47. The second-order valence-corrected chi connectivity index (χ2v) is 7.11. The Morgan fingerprint density at radius 2 is 1.70 bits per heavy atom. The maximum Gasteiger partial charge on any atom is 0.300 e. The number of benzene rings is 2. The van der Waals surface area contributed by atoms with Crippen molar-refractivity contribution in [3.05, 3.63) is 89.3 Å². The van der Waals surface area contributed by atoms with Gasteiger partial charge in [0.1, 0.15) is 17.3 Å². The number of anilines is 1. The number of aliphatic hydroxyl groups is 1. The Bertz CT molecular complexity index is 1280. The third-order valence-electron chi connectivity index (χ3n) is 5.31. The fourth-order valence-electron chi connectivity index (χ4n) is 3.74. The standard InChI is InChI=1S/C24H18F2N2O5/c1-32-15-4-6-19(33-2)16(12-15)22(29)20-21(13-7-9-27-10-8-13)28(24(31)23(20)30)14-3-5-17(25)18(26)11-14/h3-12,21,29H,1-2H3/b22-20+. The summed E-state index contributed by atoms with van der Waals surface area (Å²) in [5.74, 6) is -4.17. The summed E-state index contributed by atoms with van der Waals surface area (Å²) in [5, 5.41) is 11.2. The molecule has 33 heavy (non-hydrogen) atoms. The molecular weight excluding hydrogens is 434 g/mol. The summed E-state index contributed by atoms with van der Waals surface area (Å²) < 4.78 is 38.0. The predicted molar refractivity (Wildman–Crippen MR) is 115 cm³/mol. The summed E-state index contributed by atoms with van der Waals surface area (Å²) in [4.78, 5) is 31.1. The Morgan fingerprint density at radius 1 is 0.970 bits per heavy atom. The van der Waals surface area contributed by atoms with Crippen molar-refractivity contribution < 1.29 is 33.0 Å². The molecule has 0 aliphatic carbocycles. The number of carbonyl (C=O) groups is 2. The van der Waals surface area contributed by atoms with Crippen LogP contribution in [0.3, 0.4) is 0 Å². The number of Topliss-reactive ketones (excluding diaryl/α,β-unsaturated/α-hetero) is 1. The Labute approximate surface area is 187 Å². The van der Waals surface area contributed by atoms with Gasteiger partial charge in [0.2, 0.25) is 0 Å². The number of ketones is 1. The van der Waals surface area contributed by atoms with Gasteiger partial charge in [0.25, 0.3) is 11.7 Å². The van der Waals surface area contributed by atoms with Crippen LogP contribution in [0.15, 0.2) is 66.5 Å². The molecule has 1 aromatic heterocycles. The van der Waals surface area contributed by atoms with Gasteiger partial charge >= 0.3 is 0 Å². The minimum absolute atomic E-state index is 0.0468. The Morgan fingerprint density at radius 3 is 2.33 bits per heavy atom. The summed E-state index contributed by atoms with van der Waals surface area (Å²) in [7, 11) is 2.82. The van der Waals surface area contributed by atoms with E-state index in [4.69, 9.17) is 9.47 Å². The van der Waals surface area contributed by atoms with Crippen molar-refractivity contribution in [2.24, 2.45) is 0 Å². The van der Waals surface area contributed by atoms with Crippen LogP contribution in [-0.2, 0) is 9.59 Å². The zero-order chi connectivity index (χ0) is 23.7. The molecule has 1 fully saturated rings. The van der Waals surface area contributed by atoms with Crippen molar-refractivity contribution in [2.75, 3.05) is 19.1 Å². The van der Waals surface area contributed by atoms with Crippen LogP contribution >= 0.6 is 0 Å². The number of pyridine rings is 1. The minimum Gasteiger partial charge on any atom is -0.507 e. The molecule has 168 valence electrons. The molecule has 0 spiro atoms. The number of aromatic nitrogens is 1. The molecular formula is C24H18F2N2O5. The number of halogens is 2. The first-order valence-corrected chi connectivity index (χ1v) is 9.75. The molecule has 7 nitrogen and oxygen atoms in total. The molecule has 1 atom stereocenters. The van der Waals surface area contributed by atoms with Crippen molar-refractivity contribution in [3.8, 4) is 11.5 Å². The number of methoxy groups -OCH3 is 2. The van der Waals surface area contributed by atoms with E-state index in [1.807, 2.05) is 0 Å². The Kier molecular flexibility index (Phi) is 5.78. The van der Waals surface area contributed by atoms with Crippen LogP contribution < -0.4 is 14.4 Å². The van der Waals surface area contributed by atoms with Crippen molar-refractivity contribution in [1.29, 1.82) is 0 Å². The van der Waals surface area contributed by atoms with E-state index >= 15 is 0 Å². The van der Waals surface area contributed by atoms with Crippen LogP contribution in [0.1, 0.15) is 17.2 Å². The molecule has 2 aromatic carbocycles. The number of nitrogens with zero attached hydrogens (tertiary/aromatic N) is 2. The minimum atomic E-state index is -1.18. The predicted octanol–water partition coefficient (Wildman–Crippen LogP) is 4.00. The quantitative estimate of drug-likeness (QED) is 0.358. The molecule has 9 heteroatoms. The number of amides is 1. The van der Waals surface area contributed by atoms with Gasteiger partial charge in [0, 0.05) is 24.1 Å². The second-order valence-electron chi connectivity index (χ2n) is 7.11. The van der Waals surface area contributed by atoms with Crippen LogP contribution in [0, 0.1) is 11.6 Å². The van der Waals surface area contributed by atoms with E-state index < -0.39 is 35.1 Å². The number of hydrogen-bond acceptors (Lipinski definition) is 6. The molecule has 1 unspecified atom stereocenters. The molecule has 2 heterocycles. The van der Waals surface area contributed by atoms with E-state index in [0.717, 1.165) is 17.0 Å². The lowest BCUT2D eigenvalue weighted by atomic mass is 9.95. The van der Waals surface area contributed by atoms with E-state index in [1.54, 1.807) is 24.3 Å². The van der Waals surface area contributed by atoms with Crippen LogP contribution in [0.5, 0.6) is 11.5 Å². The molecule has 1 amide bonds. The van der Waals surface area contributed by atoms with Gasteiger partial charge in [-0.2, -0.15) is 0 Å². The normalized spacial score (nSPS) is 17.3. The molecule has 1 aliphatic rings. The summed E-state index contributed by atoms with van der Waals surface area (Å²) in [6.45, 7) is 0. The number of ether oxygens (including phenoxy) is 2. The van der Waals surface area contributed by atoms with Crippen LogP contribution in [-0.4, -0.2) is 36.0 Å². The monoisotopic (exact) mass is 452 g/mol. The van der Waals surface area contributed by atoms with E-state index in [0.29, 0.717) is 11.3 Å². The number of rotatable bonds is 5. The molecule has 0 bridgehead atoms. The van der Waals surface area contributed by atoms with Gasteiger partial charge in [0.15, 0.2) is 11.6 Å². The maximum absolute atomic E-state index is 14.0. The highest BCUT2D eigenvalue weighted by Crippen LogP contribution is 2.43. The Hall–Kier alpha value is -4.27.